The van der Waals surface area contributed by atoms with Crippen molar-refractivity contribution in [2.45, 2.75) is 31.7 Å². The summed E-state index contributed by atoms with van der Waals surface area (Å²) in [6.45, 7) is 0.243. The SMILES string of the molecule is CN(C)C(=O)CCNC(=O)NC1CCCC1C(=O)O. The van der Waals surface area contributed by atoms with Crippen molar-refractivity contribution in [3.63, 3.8) is 0 Å². The minimum absolute atomic E-state index is 0.0652. The van der Waals surface area contributed by atoms with Crippen LogP contribution in [0.2, 0.25) is 0 Å². The number of nitrogens with one attached hydrogen (secondary N) is 2. The molecule has 0 heterocycles. The smallest absolute Gasteiger partial charge is 0.315 e. The molecule has 0 saturated heterocycles. The second-order valence-corrected chi connectivity index (χ2v) is 4.92. The molecule has 7 nitrogen and oxygen atoms in total. The third-order valence-corrected chi connectivity index (χ3v) is 3.27. The van der Waals surface area contributed by atoms with Crippen LogP contribution < -0.4 is 10.6 Å². The van der Waals surface area contributed by atoms with Crippen LogP contribution >= 0.6 is 0 Å². The molecule has 2 unspecified atom stereocenters. The number of aliphatic carboxylic acids is 1. The van der Waals surface area contributed by atoms with Crippen LogP contribution in [0.3, 0.4) is 0 Å². The molecule has 1 aliphatic rings. The third-order valence-electron chi connectivity index (χ3n) is 3.27. The van der Waals surface area contributed by atoms with E-state index in [-0.39, 0.29) is 24.9 Å². The summed E-state index contributed by atoms with van der Waals surface area (Å²) >= 11 is 0. The summed E-state index contributed by atoms with van der Waals surface area (Å²) in [6, 6.07) is -0.730. The Balaban J connectivity index is 2.27. The molecule has 0 bridgehead atoms. The van der Waals surface area contributed by atoms with Gasteiger partial charge in [-0.15, -0.1) is 0 Å². The van der Waals surface area contributed by atoms with E-state index in [0.717, 1.165) is 6.42 Å². The van der Waals surface area contributed by atoms with E-state index < -0.39 is 17.9 Å². The maximum absolute atomic E-state index is 11.6. The number of rotatable bonds is 5. The Hall–Kier alpha value is -1.79. The highest BCUT2D eigenvalue weighted by Crippen LogP contribution is 2.25. The highest BCUT2D eigenvalue weighted by Gasteiger charge is 2.33. The molecular formula is C12H21N3O4. The fourth-order valence-electron chi connectivity index (χ4n) is 2.15. The first kappa shape index (κ1) is 15.3. The summed E-state index contributed by atoms with van der Waals surface area (Å²) in [6.07, 6.45) is 2.31. The minimum Gasteiger partial charge on any atom is -0.481 e. The molecular weight excluding hydrogens is 250 g/mol. The quantitative estimate of drug-likeness (QED) is 0.656. The lowest BCUT2D eigenvalue weighted by Crippen LogP contribution is -2.46. The Morgan fingerprint density at radius 1 is 1.26 bits per heavy atom. The number of amides is 3. The van der Waals surface area contributed by atoms with Crippen molar-refractivity contribution in [1.82, 2.24) is 15.5 Å². The van der Waals surface area contributed by atoms with Crippen molar-refractivity contribution in [3.05, 3.63) is 0 Å². The van der Waals surface area contributed by atoms with Gasteiger partial charge in [0.15, 0.2) is 0 Å². The highest BCUT2D eigenvalue weighted by atomic mass is 16.4. The van der Waals surface area contributed by atoms with Gasteiger partial charge in [-0.2, -0.15) is 0 Å². The summed E-state index contributed by atoms with van der Waals surface area (Å²) < 4.78 is 0. The van der Waals surface area contributed by atoms with Gasteiger partial charge in [-0.05, 0) is 12.8 Å². The standard InChI is InChI=1S/C12H21N3O4/c1-15(2)10(16)6-7-13-12(19)14-9-5-3-4-8(9)11(17)18/h8-9H,3-7H2,1-2H3,(H,17,18)(H2,13,14,19). The summed E-state index contributed by atoms with van der Waals surface area (Å²) in [5.41, 5.74) is 0. The van der Waals surface area contributed by atoms with E-state index >= 15 is 0 Å². The molecule has 0 aliphatic heterocycles. The Labute approximate surface area is 112 Å². The predicted octanol–water partition coefficient (Wildman–Crippen LogP) is 0.0172. The van der Waals surface area contributed by atoms with Crippen LogP contribution in [-0.4, -0.2) is 54.6 Å². The van der Waals surface area contributed by atoms with Gasteiger partial charge < -0.3 is 20.6 Å². The van der Waals surface area contributed by atoms with Crippen LogP contribution in [0.15, 0.2) is 0 Å². The topological polar surface area (TPSA) is 98.7 Å². The lowest BCUT2D eigenvalue weighted by atomic mass is 10.0. The van der Waals surface area contributed by atoms with Crippen molar-refractivity contribution < 1.29 is 19.5 Å². The Bertz CT molecular complexity index is 357. The molecule has 0 aromatic heterocycles. The van der Waals surface area contributed by atoms with E-state index in [2.05, 4.69) is 10.6 Å². The highest BCUT2D eigenvalue weighted by molar-refractivity contribution is 5.79. The molecule has 0 spiro atoms. The summed E-state index contributed by atoms with van der Waals surface area (Å²) in [5.74, 6) is -1.44. The fourth-order valence-corrected chi connectivity index (χ4v) is 2.15. The first-order valence-electron chi connectivity index (χ1n) is 6.39. The molecule has 1 rings (SSSR count). The van der Waals surface area contributed by atoms with Crippen molar-refractivity contribution in [2.24, 2.45) is 5.92 Å². The van der Waals surface area contributed by atoms with Gasteiger partial charge in [0.2, 0.25) is 5.91 Å². The van der Waals surface area contributed by atoms with Gasteiger partial charge in [0, 0.05) is 33.1 Å². The summed E-state index contributed by atoms with van der Waals surface area (Å²) in [4.78, 5) is 35.3. The van der Waals surface area contributed by atoms with Crippen LogP contribution in [0.4, 0.5) is 4.79 Å². The van der Waals surface area contributed by atoms with E-state index in [1.54, 1.807) is 14.1 Å². The molecule has 2 atom stereocenters. The van der Waals surface area contributed by atoms with Crippen molar-refractivity contribution in [1.29, 1.82) is 0 Å². The third kappa shape index (κ3) is 4.76. The Kier molecular flexibility index (Phi) is 5.59. The number of carboxylic acids is 1. The van der Waals surface area contributed by atoms with Crippen molar-refractivity contribution >= 4 is 17.9 Å². The Morgan fingerprint density at radius 2 is 1.95 bits per heavy atom. The number of carbonyl (C=O) groups excluding carboxylic acids is 2. The molecule has 7 heteroatoms. The second-order valence-electron chi connectivity index (χ2n) is 4.92. The number of carboxylic acid groups (broad SMARTS) is 1. The van der Waals surface area contributed by atoms with Gasteiger partial charge in [0.05, 0.1) is 5.92 Å². The minimum atomic E-state index is -0.870. The van der Waals surface area contributed by atoms with Gasteiger partial charge in [0.25, 0.3) is 0 Å². The zero-order chi connectivity index (χ0) is 14.4. The number of urea groups is 1. The van der Waals surface area contributed by atoms with Gasteiger partial charge in [-0.3, -0.25) is 9.59 Å². The van der Waals surface area contributed by atoms with E-state index in [4.69, 9.17) is 5.11 Å². The van der Waals surface area contributed by atoms with Crippen LogP contribution in [0.25, 0.3) is 0 Å². The number of nitrogens with zero attached hydrogens (tertiary/aromatic N) is 1. The molecule has 3 N–H and O–H groups in total. The first-order valence-corrected chi connectivity index (χ1v) is 6.39. The van der Waals surface area contributed by atoms with Crippen molar-refractivity contribution in [3.8, 4) is 0 Å². The van der Waals surface area contributed by atoms with E-state index in [9.17, 15) is 14.4 Å². The summed E-state index contributed by atoms with van der Waals surface area (Å²) in [5, 5.41) is 14.2. The van der Waals surface area contributed by atoms with E-state index in [1.165, 1.54) is 4.90 Å². The van der Waals surface area contributed by atoms with E-state index in [1.807, 2.05) is 0 Å². The molecule has 108 valence electrons. The molecule has 1 saturated carbocycles. The molecule has 1 fully saturated rings. The average molecular weight is 271 g/mol. The zero-order valence-electron chi connectivity index (χ0n) is 11.3. The number of carbonyl (C=O) groups is 3. The summed E-state index contributed by atoms with van der Waals surface area (Å²) in [7, 11) is 3.30. The van der Waals surface area contributed by atoms with Crippen LogP contribution in [0.1, 0.15) is 25.7 Å². The average Bonchev–Trinajstić information content (AvgIpc) is 2.76. The molecule has 3 amide bonds. The lowest BCUT2D eigenvalue weighted by Gasteiger charge is -2.18. The van der Waals surface area contributed by atoms with Crippen LogP contribution in [0, 0.1) is 5.92 Å². The Morgan fingerprint density at radius 3 is 2.53 bits per heavy atom. The number of hydrogen-bond acceptors (Lipinski definition) is 3. The predicted molar refractivity (Wildman–Crippen MR) is 68.6 cm³/mol. The molecule has 19 heavy (non-hydrogen) atoms. The lowest BCUT2D eigenvalue weighted by molar-refractivity contribution is -0.142. The normalized spacial score (nSPS) is 21.8. The fraction of sp³-hybridized carbons (Fsp3) is 0.750. The van der Waals surface area contributed by atoms with Crippen LogP contribution in [0.5, 0.6) is 0 Å². The maximum Gasteiger partial charge on any atom is 0.315 e. The second kappa shape index (κ2) is 6.96. The van der Waals surface area contributed by atoms with Gasteiger partial charge in [-0.25, -0.2) is 4.79 Å². The van der Waals surface area contributed by atoms with Crippen LogP contribution in [-0.2, 0) is 9.59 Å². The maximum atomic E-state index is 11.6. The number of hydrogen-bond donors (Lipinski definition) is 3. The molecule has 0 aromatic rings. The molecule has 0 radical (unpaired) electrons. The van der Waals surface area contributed by atoms with Gasteiger partial charge in [-0.1, -0.05) is 6.42 Å². The molecule has 1 aliphatic carbocycles. The largest absolute Gasteiger partial charge is 0.481 e. The van der Waals surface area contributed by atoms with Gasteiger partial charge >= 0.3 is 12.0 Å². The zero-order valence-corrected chi connectivity index (χ0v) is 11.3. The molecule has 0 aromatic carbocycles. The van der Waals surface area contributed by atoms with Crippen molar-refractivity contribution in [2.75, 3.05) is 20.6 Å². The van der Waals surface area contributed by atoms with E-state index in [0.29, 0.717) is 12.8 Å². The van der Waals surface area contributed by atoms with Gasteiger partial charge in [0.1, 0.15) is 0 Å². The monoisotopic (exact) mass is 271 g/mol. The first-order chi connectivity index (χ1) is 8.91.